The van der Waals surface area contributed by atoms with Crippen LogP contribution in [0.2, 0.25) is 0 Å². The van der Waals surface area contributed by atoms with E-state index in [4.69, 9.17) is 4.74 Å². The zero-order valence-corrected chi connectivity index (χ0v) is 14.5. The van der Waals surface area contributed by atoms with Gasteiger partial charge in [-0.1, -0.05) is 6.07 Å². The number of rotatable bonds is 7. The molecule has 2 aromatic rings. The van der Waals surface area contributed by atoms with Gasteiger partial charge >= 0.3 is 0 Å². The first kappa shape index (κ1) is 18.4. The van der Waals surface area contributed by atoms with Gasteiger partial charge in [0.1, 0.15) is 12.4 Å². The van der Waals surface area contributed by atoms with Gasteiger partial charge < -0.3 is 15.0 Å². The number of nitro groups is 1. The molecule has 132 valence electrons. The number of hydrogen-bond donors (Lipinski definition) is 1. The largest absolute Gasteiger partial charge is 0.492 e. The summed E-state index contributed by atoms with van der Waals surface area (Å²) in [6, 6.07) is 11.5. The van der Waals surface area contributed by atoms with E-state index in [2.05, 4.69) is 5.32 Å². The molecule has 0 saturated heterocycles. The third-order valence-corrected chi connectivity index (χ3v) is 3.67. The van der Waals surface area contributed by atoms with E-state index in [1.807, 2.05) is 19.0 Å². The van der Waals surface area contributed by atoms with Crippen LogP contribution < -0.4 is 10.1 Å². The predicted molar refractivity (Wildman–Crippen MR) is 96.3 cm³/mol. The fraction of sp³-hybridized carbons (Fsp3) is 0.278. The standard InChI is InChI=1S/C18H21N3O4/c1-13-16(5-4-6-17(13)21(23)24)18(22)19-14-7-9-15(10-8-14)25-12-11-20(2)3/h4-10H,11-12H2,1-3H3,(H,19,22). The third-order valence-electron chi connectivity index (χ3n) is 3.67. The molecule has 0 aliphatic rings. The lowest BCUT2D eigenvalue weighted by atomic mass is 10.1. The van der Waals surface area contributed by atoms with Crippen molar-refractivity contribution in [3.63, 3.8) is 0 Å². The summed E-state index contributed by atoms with van der Waals surface area (Å²) in [5, 5.41) is 13.7. The number of nitro benzene ring substituents is 1. The lowest BCUT2D eigenvalue weighted by Gasteiger charge is -2.12. The zero-order chi connectivity index (χ0) is 18.4. The topological polar surface area (TPSA) is 84.7 Å². The Bertz CT molecular complexity index is 757. The molecule has 2 rings (SSSR count). The van der Waals surface area contributed by atoms with E-state index in [1.165, 1.54) is 12.1 Å². The van der Waals surface area contributed by atoms with Crippen molar-refractivity contribution in [2.75, 3.05) is 32.6 Å². The molecule has 0 atom stereocenters. The number of carbonyl (C=O) groups excluding carboxylic acids is 1. The molecule has 0 heterocycles. The Morgan fingerprint density at radius 1 is 1.20 bits per heavy atom. The minimum atomic E-state index is -0.494. The Hall–Kier alpha value is -2.93. The highest BCUT2D eigenvalue weighted by molar-refractivity contribution is 6.05. The molecule has 0 unspecified atom stereocenters. The number of anilines is 1. The second-order valence-electron chi connectivity index (χ2n) is 5.84. The molecule has 1 N–H and O–H groups in total. The molecule has 0 aliphatic heterocycles. The molecule has 0 saturated carbocycles. The number of likely N-dealkylation sites (N-methyl/N-ethyl adjacent to an activating group) is 1. The van der Waals surface area contributed by atoms with E-state index in [9.17, 15) is 14.9 Å². The minimum Gasteiger partial charge on any atom is -0.492 e. The maximum atomic E-state index is 12.4. The molecule has 0 spiro atoms. The molecule has 7 nitrogen and oxygen atoms in total. The fourth-order valence-electron chi connectivity index (χ4n) is 2.25. The Morgan fingerprint density at radius 3 is 2.48 bits per heavy atom. The molecule has 7 heteroatoms. The van der Waals surface area contributed by atoms with Crippen molar-refractivity contribution in [1.29, 1.82) is 0 Å². The highest BCUT2D eigenvalue weighted by Crippen LogP contribution is 2.22. The molecule has 0 aromatic heterocycles. The summed E-state index contributed by atoms with van der Waals surface area (Å²) < 4.78 is 5.59. The monoisotopic (exact) mass is 343 g/mol. The van der Waals surface area contributed by atoms with E-state index in [0.717, 1.165) is 6.54 Å². The van der Waals surface area contributed by atoms with Crippen molar-refractivity contribution in [2.45, 2.75) is 6.92 Å². The number of benzene rings is 2. The minimum absolute atomic E-state index is 0.0720. The van der Waals surface area contributed by atoms with Gasteiger partial charge in [-0.25, -0.2) is 0 Å². The van der Waals surface area contributed by atoms with Crippen molar-refractivity contribution in [2.24, 2.45) is 0 Å². The smallest absolute Gasteiger partial charge is 0.273 e. The number of nitrogens with one attached hydrogen (secondary N) is 1. The summed E-state index contributed by atoms with van der Waals surface area (Å²) in [4.78, 5) is 24.9. The van der Waals surface area contributed by atoms with Gasteiger partial charge in [-0.2, -0.15) is 0 Å². The molecule has 0 bridgehead atoms. The first-order chi connectivity index (χ1) is 11.9. The quantitative estimate of drug-likeness (QED) is 0.617. The van der Waals surface area contributed by atoms with Crippen LogP contribution in [0.3, 0.4) is 0 Å². The Morgan fingerprint density at radius 2 is 1.88 bits per heavy atom. The Labute approximate surface area is 146 Å². The van der Waals surface area contributed by atoms with Crippen LogP contribution in [0.1, 0.15) is 15.9 Å². The van der Waals surface area contributed by atoms with Crippen LogP contribution in [0.5, 0.6) is 5.75 Å². The fourth-order valence-corrected chi connectivity index (χ4v) is 2.25. The summed E-state index contributed by atoms with van der Waals surface area (Å²) in [6.07, 6.45) is 0. The third kappa shape index (κ3) is 5.02. The van der Waals surface area contributed by atoms with Crippen molar-refractivity contribution in [3.8, 4) is 5.75 Å². The van der Waals surface area contributed by atoms with Crippen LogP contribution in [0.15, 0.2) is 42.5 Å². The zero-order valence-electron chi connectivity index (χ0n) is 14.5. The molecule has 2 aromatic carbocycles. The van der Waals surface area contributed by atoms with Crippen molar-refractivity contribution >= 4 is 17.3 Å². The SMILES string of the molecule is Cc1c(C(=O)Nc2ccc(OCCN(C)C)cc2)cccc1[N+](=O)[O-]. The van der Waals surface area contributed by atoms with Crippen LogP contribution >= 0.6 is 0 Å². The van der Waals surface area contributed by atoms with Crippen molar-refractivity contribution in [3.05, 3.63) is 63.7 Å². The maximum absolute atomic E-state index is 12.4. The normalized spacial score (nSPS) is 10.6. The first-order valence-electron chi connectivity index (χ1n) is 7.81. The molecular weight excluding hydrogens is 322 g/mol. The van der Waals surface area contributed by atoms with E-state index in [0.29, 0.717) is 23.6 Å². The molecule has 0 radical (unpaired) electrons. The lowest BCUT2D eigenvalue weighted by molar-refractivity contribution is -0.385. The summed E-state index contributed by atoms with van der Waals surface area (Å²) >= 11 is 0. The highest BCUT2D eigenvalue weighted by atomic mass is 16.6. The average Bonchev–Trinajstić information content (AvgIpc) is 2.56. The van der Waals surface area contributed by atoms with Gasteiger partial charge in [-0.3, -0.25) is 14.9 Å². The van der Waals surface area contributed by atoms with Crippen LogP contribution in [0.25, 0.3) is 0 Å². The molecule has 0 aliphatic carbocycles. The number of ether oxygens (including phenoxy) is 1. The molecule has 1 amide bonds. The summed E-state index contributed by atoms with van der Waals surface area (Å²) in [7, 11) is 3.94. The van der Waals surface area contributed by atoms with E-state index in [-0.39, 0.29) is 17.2 Å². The second-order valence-corrected chi connectivity index (χ2v) is 5.84. The molecule has 0 fully saturated rings. The number of amides is 1. The van der Waals surface area contributed by atoms with Gasteiger partial charge in [0.05, 0.1) is 4.92 Å². The van der Waals surface area contributed by atoms with Crippen LogP contribution in [-0.4, -0.2) is 43.0 Å². The summed E-state index contributed by atoms with van der Waals surface area (Å²) in [5.74, 6) is 0.328. The number of nitrogens with zero attached hydrogens (tertiary/aromatic N) is 2. The number of carbonyl (C=O) groups is 1. The van der Waals surface area contributed by atoms with Crippen molar-refractivity contribution < 1.29 is 14.5 Å². The van der Waals surface area contributed by atoms with E-state index < -0.39 is 4.92 Å². The Kier molecular flexibility index (Phi) is 6.08. The van der Waals surface area contributed by atoms with Gasteiger partial charge in [0.2, 0.25) is 0 Å². The van der Waals surface area contributed by atoms with Crippen molar-refractivity contribution in [1.82, 2.24) is 4.90 Å². The number of hydrogen-bond acceptors (Lipinski definition) is 5. The van der Waals surface area contributed by atoms with Crippen LogP contribution in [0.4, 0.5) is 11.4 Å². The lowest BCUT2D eigenvalue weighted by Crippen LogP contribution is -2.19. The highest BCUT2D eigenvalue weighted by Gasteiger charge is 2.17. The van der Waals surface area contributed by atoms with Gasteiger partial charge in [0, 0.05) is 29.4 Å². The van der Waals surface area contributed by atoms with Gasteiger partial charge in [0.15, 0.2) is 0 Å². The predicted octanol–water partition coefficient (Wildman–Crippen LogP) is 3.10. The van der Waals surface area contributed by atoms with Crippen LogP contribution in [-0.2, 0) is 0 Å². The molecular formula is C18H21N3O4. The maximum Gasteiger partial charge on any atom is 0.273 e. The second kappa shape index (κ2) is 8.25. The first-order valence-corrected chi connectivity index (χ1v) is 7.81. The van der Waals surface area contributed by atoms with E-state index >= 15 is 0 Å². The van der Waals surface area contributed by atoms with Gasteiger partial charge in [-0.05, 0) is 51.4 Å². The van der Waals surface area contributed by atoms with Gasteiger partial charge in [-0.15, -0.1) is 0 Å². The Balaban J connectivity index is 2.04. The summed E-state index contributed by atoms with van der Waals surface area (Å²) in [6.45, 7) is 2.95. The van der Waals surface area contributed by atoms with Gasteiger partial charge in [0.25, 0.3) is 11.6 Å². The molecule has 25 heavy (non-hydrogen) atoms. The van der Waals surface area contributed by atoms with Crippen LogP contribution in [0, 0.1) is 17.0 Å². The summed E-state index contributed by atoms with van der Waals surface area (Å²) in [5.41, 5.74) is 1.14. The van der Waals surface area contributed by atoms with E-state index in [1.54, 1.807) is 37.3 Å². The average molecular weight is 343 g/mol.